The summed E-state index contributed by atoms with van der Waals surface area (Å²) in [5.74, 6) is 0. The molecule has 0 saturated carbocycles. The molecule has 0 bridgehead atoms. The van der Waals surface area contributed by atoms with Crippen molar-refractivity contribution in [3.05, 3.63) is 69.7 Å². The summed E-state index contributed by atoms with van der Waals surface area (Å²) < 4.78 is 42.9. The first-order chi connectivity index (χ1) is 13.4. The van der Waals surface area contributed by atoms with Gasteiger partial charge in [0.1, 0.15) is 0 Å². The minimum absolute atomic E-state index is 0.0507. The Morgan fingerprint density at radius 3 is 2.14 bits per heavy atom. The van der Waals surface area contributed by atoms with Crippen LogP contribution in [0.15, 0.2) is 53.0 Å². The second-order valence-electron chi connectivity index (χ2n) is 6.44. The van der Waals surface area contributed by atoms with E-state index >= 15 is 0 Å². The van der Waals surface area contributed by atoms with Gasteiger partial charge >= 0.3 is 13.6 Å². The van der Waals surface area contributed by atoms with E-state index < -0.39 is 13.8 Å². The minimum Gasteiger partial charge on any atom is -0.319 e. The van der Waals surface area contributed by atoms with Crippen LogP contribution in [0.3, 0.4) is 0 Å². The van der Waals surface area contributed by atoms with Gasteiger partial charge in [-0.3, -0.25) is 4.57 Å². The molecule has 1 aliphatic heterocycles. The lowest BCUT2D eigenvalue weighted by Gasteiger charge is -2.19. The molecular formula is C18H18BrF2N2O4P. The lowest BCUT2D eigenvalue weighted by Crippen LogP contribution is -2.31. The van der Waals surface area contributed by atoms with Crippen LogP contribution in [0, 0.1) is 0 Å². The Bertz CT molecular complexity index is 879. The van der Waals surface area contributed by atoms with Gasteiger partial charge in [0.15, 0.2) is 0 Å². The van der Waals surface area contributed by atoms with Crippen molar-refractivity contribution in [3.8, 4) is 0 Å². The topological polar surface area (TPSA) is 59.1 Å². The summed E-state index contributed by atoms with van der Waals surface area (Å²) in [6.45, 7) is 2.18. The summed E-state index contributed by atoms with van der Waals surface area (Å²) in [4.78, 5) is 16.1. The standard InChI is InChI=1S/C18H18BrF2N2O4P/c19-17-10-15(6-7-16(17)13-28(25,26-20)27-21)12-23-9-8-22(18(23)24)11-14-4-2-1-3-5-14/h1-7,10H,8-9,11-13H2. The molecule has 1 fully saturated rings. The fraction of sp³-hybridized carbons (Fsp3) is 0.278. The van der Waals surface area contributed by atoms with E-state index in [2.05, 4.69) is 25.4 Å². The Morgan fingerprint density at radius 1 is 0.964 bits per heavy atom. The van der Waals surface area contributed by atoms with Gasteiger partial charge in [0.05, 0.1) is 6.16 Å². The highest BCUT2D eigenvalue weighted by Crippen LogP contribution is 2.53. The molecule has 0 radical (unpaired) electrons. The number of benzene rings is 2. The predicted molar refractivity (Wildman–Crippen MR) is 102 cm³/mol. The first-order valence-electron chi connectivity index (χ1n) is 8.49. The van der Waals surface area contributed by atoms with Crippen molar-refractivity contribution in [2.24, 2.45) is 0 Å². The van der Waals surface area contributed by atoms with Crippen LogP contribution in [0.25, 0.3) is 0 Å². The van der Waals surface area contributed by atoms with E-state index in [4.69, 9.17) is 0 Å². The van der Waals surface area contributed by atoms with Crippen LogP contribution in [-0.4, -0.2) is 28.9 Å². The summed E-state index contributed by atoms with van der Waals surface area (Å²) in [5.41, 5.74) is 2.25. The van der Waals surface area contributed by atoms with Crippen LogP contribution < -0.4 is 0 Å². The zero-order valence-corrected chi connectivity index (χ0v) is 17.2. The van der Waals surface area contributed by atoms with Crippen LogP contribution in [0.1, 0.15) is 16.7 Å². The maximum Gasteiger partial charge on any atom is 0.399 e. The van der Waals surface area contributed by atoms with E-state index in [1.807, 2.05) is 30.3 Å². The number of carbonyl (C=O) groups is 1. The van der Waals surface area contributed by atoms with Crippen molar-refractivity contribution >= 4 is 29.6 Å². The average Bonchev–Trinajstić information content (AvgIpc) is 3.04. The molecule has 3 rings (SSSR count). The second-order valence-corrected chi connectivity index (χ2v) is 9.11. The lowest BCUT2D eigenvalue weighted by atomic mass is 10.1. The van der Waals surface area contributed by atoms with Gasteiger partial charge in [0.25, 0.3) is 0 Å². The lowest BCUT2D eigenvalue weighted by molar-refractivity contribution is -0.0881. The molecule has 0 aromatic heterocycles. The molecule has 28 heavy (non-hydrogen) atoms. The van der Waals surface area contributed by atoms with Gasteiger partial charge in [0, 0.05) is 30.7 Å². The summed E-state index contributed by atoms with van der Waals surface area (Å²) in [6, 6.07) is 14.7. The Hall–Kier alpha value is -1.80. The number of amides is 2. The van der Waals surface area contributed by atoms with Gasteiger partial charge < -0.3 is 9.80 Å². The second kappa shape index (κ2) is 9.13. The number of carbonyl (C=O) groups excluding carboxylic acids is 1. The molecule has 0 N–H and O–H groups in total. The van der Waals surface area contributed by atoms with Gasteiger partial charge in [-0.25, -0.2) is 4.79 Å². The number of urea groups is 1. The van der Waals surface area contributed by atoms with Crippen LogP contribution in [-0.2, 0) is 33.3 Å². The summed E-state index contributed by atoms with van der Waals surface area (Å²) in [7, 11) is -4.46. The normalized spacial score (nSPS) is 14.8. The predicted octanol–water partition coefficient (Wildman–Crippen LogP) is 5.38. The SMILES string of the molecule is O=C1N(Cc2ccccc2)CCN1Cc1ccc(CP(=O)(OF)OF)c(Br)c1. The molecule has 1 heterocycles. The third-order valence-corrected chi connectivity index (χ3v) is 6.35. The highest BCUT2D eigenvalue weighted by atomic mass is 79.9. The number of hydrogen-bond acceptors (Lipinski definition) is 4. The van der Waals surface area contributed by atoms with Crippen molar-refractivity contribution in [2.75, 3.05) is 13.1 Å². The van der Waals surface area contributed by atoms with Crippen LogP contribution in [0.5, 0.6) is 0 Å². The van der Waals surface area contributed by atoms with Crippen molar-refractivity contribution in [3.63, 3.8) is 0 Å². The van der Waals surface area contributed by atoms with E-state index in [1.165, 1.54) is 0 Å². The molecule has 2 aromatic carbocycles. The molecule has 6 nitrogen and oxygen atoms in total. The first kappa shape index (κ1) is 20.9. The Balaban J connectivity index is 1.63. The molecule has 10 heteroatoms. The quantitative estimate of drug-likeness (QED) is 0.481. The van der Waals surface area contributed by atoms with Crippen LogP contribution >= 0.6 is 23.5 Å². The average molecular weight is 475 g/mol. The highest BCUT2D eigenvalue weighted by molar-refractivity contribution is 9.10. The van der Waals surface area contributed by atoms with Gasteiger partial charge in [-0.2, -0.15) is 0 Å². The third kappa shape index (κ3) is 4.97. The molecule has 1 saturated heterocycles. The molecule has 2 aromatic rings. The molecular weight excluding hydrogens is 457 g/mol. The maximum absolute atomic E-state index is 12.6. The fourth-order valence-electron chi connectivity index (χ4n) is 3.04. The number of nitrogens with zero attached hydrogens (tertiary/aromatic N) is 2. The molecule has 0 unspecified atom stereocenters. The van der Waals surface area contributed by atoms with E-state index in [-0.39, 0.29) is 6.03 Å². The fourth-order valence-corrected chi connectivity index (χ4v) is 4.63. The van der Waals surface area contributed by atoms with Gasteiger partial charge in [-0.05, 0) is 31.8 Å². The summed E-state index contributed by atoms with van der Waals surface area (Å²) in [6.07, 6.45) is -0.561. The van der Waals surface area contributed by atoms with Crippen molar-refractivity contribution in [1.82, 2.24) is 9.80 Å². The first-order valence-corrected chi connectivity index (χ1v) is 11.0. The summed E-state index contributed by atoms with van der Waals surface area (Å²) in [5, 5.41) is 0. The number of halogens is 3. The molecule has 150 valence electrons. The third-order valence-electron chi connectivity index (χ3n) is 4.46. The monoisotopic (exact) mass is 474 g/mol. The van der Waals surface area contributed by atoms with E-state index in [0.717, 1.165) is 11.1 Å². The molecule has 0 aliphatic carbocycles. The van der Waals surface area contributed by atoms with Crippen LogP contribution in [0.2, 0.25) is 0 Å². The van der Waals surface area contributed by atoms with Crippen molar-refractivity contribution in [2.45, 2.75) is 19.3 Å². The van der Waals surface area contributed by atoms with Crippen molar-refractivity contribution < 1.29 is 27.9 Å². The van der Waals surface area contributed by atoms with Crippen molar-refractivity contribution in [1.29, 1.82) is 0 Å². The van der Waals surface area contributed by atoms with E-state index in [1.54, 1.807) is 28.0 Å². The molecule has 0 atom stereocenters. The van der Waals surface area contributed by atoms with Gasteiger partial charge in [0.2, 0.25) is 0 Å². The largest absolute Gasteiger partial charge is 0.399 e. The molecule has 1 aliphatic rings. The Kier molecular flexibility index (Phi) is 6.82. The zero-order valence-electron chi connectivity index (χ0n) is 14.8. The Morgan fingerprint density at radius 2 is 1.57 bits per heavy atom. The molecule has 2 amide bonds. The van der Waals surface area contributed by atoms with Crippen LogP contribution in [0.4, 0.5) is 13.8 Å². The zero-order chi connectivity index (χ0) is 20.1. The van der Waals surface area contributed by atoms with Gasteiger partial charge in [-0.1, -0.05) is 58.4 Å². The highest BCUT2D eigenvalue weighted by Gasteiger charge is 2.30. The maximum atomic E-state index is 12.6. The number of rotatable bonds is 8. The number of hydrogen-bond donors (Lipinski definition) is 0. The minimum atomic E-state index is -4.46. The van der Waals surface area contributed by atoms with E-state index in [0.29, 0.717) is 36.2 Å². The Labute approximate surface area is 169 Å². The summed E-state index contributed by atoms with van der Waals surface area (Å²) >= 11 is 3.29. The smallest absolute Gasteiger partial charge is 0.319 e. The van der Waals surface area contributed by atoms with E-state index in [9.17, 15) is 18.4 Å². The molecule has 0 spiro atoms. The van der Waals surface area contributed by atoms with Gasteiger partial charge in [-0.15, -0.1) is 9.46 Å².